The van der Waals surface area contributed by atoms with Gasteiger partial charge in [0.1, 0.15) is 5.75 Å². The van der Waals surface area contributed by atoms with Gasteiger partial charge in [-0.3, -0.25) is 4.79 Å². The Morgan fingerprint density at radius 3 is 2.93 bits per heavy atom. The first-order valence-corrected chi connectivity index (χ1v) is 5.27. The van der Waals surface area contributed by atoms with E-state index in [0.29, 0.717) is 19.0 Å². The number of nitrogens with one attached hydrogen (secondary N) is 1. The van der Waals surface area contributed by atoms with Gasteiger partial charge in [-0.25, -0.2) is 0 Å². The topological polar surface area (TPSA) is 49.3 Å². The lowest BCUT2D eigenvalue weighted by Gasteiger charge is -2.03. The van der Waals surface area contributed by atoms with Crippen molar-refractivity contribution in [2.75, 3.05) is 6.54 Å². The lowest BCUT2D eigenvalue weighted by molar-refractivity contribution is -0.117. The normalized spacial score (nSPS) is 15.2. The molecule has 15 heavy (non-hydrogen) atoms. The molecule has 0 heterocycles. The van der Waals surface area contributed by atoms with E-state index >= 15 is 0 Å². The van der Waals surface area contributed by atoms with Crippen LogP contribution >= 0.6 is 0 Å². The summed E-state index contributed by atoms with van der Waals surface area (Å²) in [6.45, 7) is 0.445. The van der Waals surface area contributed by atoms with E-state index in [9.17, 15) is 9.90 Å². The lowest BCUT2D eigenvalue weighted by atomic mass is 10.1. The molecule has 2 N–H and O–H groups in total. The van der Waals surface area contributed by atoms with Gasteiger partial charge < -0.3 is 10.4 Å². The van der Waals surface area contributed by atoms with Crippen molar-refractivity contribution < 1.29 is 9.90 Å². The molecule has 80 valence electrons. The molecule has 0 aromatic heterocycles. The maximum atomic E-state index is 11.5. The van der Waals surface area contributed by atoms with Gasteiger partial charge in [-0.1, -0.05) is 12.1 Å². The summed E-state index contributed by atoms with van der Waals surface area (Å²) in [5.74, 6) is 0.392. The van der Waals surface area contributed by atoms with E-state index in [1.165, 1.54) is 12.8 Å². The van der Waals surface area contributed by atoms with Crippen LogP contribution in [0.15, 0.2) is 24.3 Å². The molecular formula is C12H15NO2. The summed E-state index contributed by atoms with van der Waals surface area (Å²) < 4.78 is 0. The fraction of sp³-hybridized carbons (Fsp3) is 0.417. The van der Waals surface area contributed by atoms with Gasteiger partial charge >= 0.3 is 0 Å². The van der Waals surface area contributed by atoms with Gasteiger partial charge in [0.25, 0.3) is 0 Å². The molecule has 1 aromatic carbocycles. The largest absolute Gasteiger partial charge is 0.508 e. The average Bonchev–Trinajstić information content (AvgIpc) is 2.98. The van der Waals surface area contributed by atoms with Crippen molar-refractivity contribution in [3.8, 4) is 5.75 Å². The quantitative estimate of drug-likeness (QED) is 0.760. The Hall–Kier alpha value is -1.35. The second-order valence-corrected chi connectivity index (χ2v) is 4.04. The minimum absolute atomic E-state index is 0.174. The summed E-state index contributed by atoms with van der Waals surface area (Å²) in [6, 6.07) is 7.42. The molecule has 3 heteroatoms. The van der Waals surface area contributed by atoms with Gasteiger partial charge in [0.15, 0.2) is 5.78 Å². The van der Waals surface area contributed by atoms with Crippen molar-refractivity contribution >= 4 is 5.78 Å². The summed E-state index contributed by atoms with van der Waals surface area (Å²) in [5.41, 5.74) is 0.873. The van der Waals surface area contributed by atoms with Crippen molar-refractivity contribution in [3.05, 3.63) is 29.8 Å². The van der Waals surface area contributed by atoms with Gasteiger partial charge in [0.05, 0.1) is 6.54 Å². The number of hydrogen-bond donors (Lipinski definition) is 2. The molecule has 1 aliphatic carbocycles. The molecule has 1 aromatic rings. The third-order valence-corrected chi connectivity index (χ3v) is 2.48. The van der Waals surface area contributed by atoms with Crippen LogP contribution in [0.2, 0.25) is 0 Å². The molecule has 2 rings (SSSR count). The van der Waals surface area contributed by atoms with E-state index < -0.39 is 0 Å². The number of carbonyl (C=O) groups is 1. The number of aromatic hydroxyl groups is 1. The van der Waals surface area contributed by atoms with E-state index in [4.69, 9.17) is 0 Å². The van der Waals surface area contributed by atoms with Crippen molar-refractivity contribution in [1.29, 1.82) is 0 Å². The predicted octanol–water partition coefficient (Wildman–Crippen LogP) is 1.26. The van der Waals surface area contributed by atoms with Gasteiger partial charge in [0, 0.05) is 12.5 Å². The van der Waals surface area contributed by atoms with Crippen molar-refractivity contribution in [2.24, 2.45) is 0 Å². The first kappa shape index (κ1) is 10.2. The second kappa shape index (κ2) is 4.45. The highest BCUT2D eigenvalue weighted by molar-refractivity contribution is 5.82. The van der Waals surface area contributed by atoms with Crippen LogP contribution in [-0.2, 0) is 11.2 Å². The number of rotatable bonds is 5. The average molecular weight is 205 g/mol. The van der Waals surface area contributed by atoms with E-state index in [0.717, 1.165) is 5.56 Å². The summed E-state index contributed by atoms with van der Waals surface area (Å²) in [7, 11) is 0. The minimum Gasteiger partial charge on any atom is -0.508 e. The maximum Gasteiger partial charge on any atom is 0.150 e. The van der Waals surface area contributed by atoms with Gasteiger partial charge in [-0.15, -0.1) is 0 Å². The highest BCUT2D eigenvalue weighted by atomic mass is 16.3. The van der Waals surface area contributed by atoms with Crippen LogP contribution in [0.3, 0.4) is 0 Å². The first-order chi connectivity index (χ1) is 7.24. The molecule has 1 saturated carbocycles. The Morgan fingerprint density at radius 1 is 1.47 bits per heavy atom. The van der Waals surface area contributed by atoms with Crippen LogP contribution in [-0.4, -0.2) is 23.5 Å². The van der Waals surface area contributed by atoms with Crippen molar-refractivity contribution in [3.63, 3.8) is 0 Å². The molecule has 0 aliphatic heterocycles. The van der Waals surface area contributed by atoms with Crippen molar-refractivity contribution in [2.45, 2.75) is 25.3 Å². The van der Waals surface area contributed by atoms with Gasteiger partial charge in [-0.05, 0) is 30.5 Å². The number of benzene rings is 1. The Morgan fingerprint density at radius 2 is 2.27 bits per heavy atom. The first-order valence-electron chi connectivity index (χ1n) is 5.27. The summed E-state index contributed by atoms with van der Waals surface area (Å²) in [5, 5.41) is 12.4. The Kier molecular flexibility index (Phi) is 3.02. The second-order valence-electron chi connectivity index (χ2n) is 4.04. The number of phenols is 1. The van der Waals surface area contributed by atoms with E-state index in [1.54, 1.807) is 18.2 Å². The summed E-state index contributed by atoms with van der Waals surface area (Å²) >= 11 is 0. The fourth-order valence-corrected chi connectivity index (χ4v) is 1.50. The van der Waals surface area contributed by atoms with Crippen LogP contribution in [0.4, 0.5) is 0 Å². The van der Waals surface area contributed by atoms with Crippen LogP contribution in [0.5, 0.6) is 5.75 Å². The predicted molar refractivity (Wildman–Crippen MR) is 57.8 cm³/mol. The van der Waals surface area contributed by atoms with Crippen LogP contribution in [0.25, 0.3) is 0 Å². The molecule has 1 fully saturated rings. The van der Waals surface area contributed by atoms with Crippen LogP contribution in [0, 0.1) is 0 Å². The molecule has 0 saturated heterocycles. The number of hydrogen-bond acceptors (Lipinski definition) is 3. The van der Waals surface area contributed by atoms with Gasteiger partial charge in [0.2, 0.25) is 0 Å². The zero-order valence-corrected chi connectivity index (χ0v) is 8.57. The van der Waals surface area contributed by atoms with E-state index in [2.05, 4.69) is 5.32 Å². The third kappa shape index (κ3) is 3.36. The molecule has 0 amide bonds. The SMILES string of the molecule is O=C(CNC1CC1)Cc1cccc(O)c1. The number of Topliss-reactive ketones (excluding diaryl/α,β-unsaturated/α-hetero) is 1. The third-order valence-electron chi connectivity index (χ3n) is 2.48. The maximum absolute atomic E-state index is 11.5. The molecule has 0 bridgehead atoms. The van der Waals surface area contributed by atoms with E-state index in [1.807, 2.05) is 6.07 Å². The minimum atomic E-state index is 0.174. The zero-order chi connectivity index (χ0) is 10.7. The molecular weight excluding hydrogens is 190 g/mol. The molecule has 0 spiro atoms. The molecule has 0 atom stereocenters. The standard InChI is InChI=1S/C12H15NO2/c14-11-3-1-2-9(6-11)7-12(15)8-13-10-4-5-10/h1-3,6,10,13-14H,4-5,7-8H2. The Labute approximate surface area is 89.1 Å². The monoisotopic (exact) mass is 205 g/mol. The number of phenolic OH excluding ortho intramolecular Hbond substituents is 1. The Balaban J connectivity index is 1.81. The number of carbonyl (C=O) groups excluding carboxylic acids is 1. The van der Waals surface area contributed by atoms with Crippen LogP contribution < -0.4 is 5.32 Å². The van der Waals surface area contributed by atoms with Crippen LogP contribution in [0.1, 0.15) is 18.4 Å². The highest BCUT2D eigenvalue weighted by Crippen LogP contribution is 2.18. The molecule has 0 unspecified atom stereocenters. The lowest BCUT2D eigenvalue weighted by Crippen LogP contribution is -2.25. The molecule has 1 aliphatic rings. The summed E-state index contributed by atoms with van der Waals surface area (Å²) in [6.07, 6.45) is 2.78. The summed E-state index contributed by atoms with van der Waals surface area (Å²) in [4.78, 5) is 11.5. The van der Waals surface area contributed by atoms with Gasteiger partial charge in [-0.2, -0.15) is 0 Å². The zero-order valence-electron chi connectivity index (χ0n) is 8.57. The van der Waals surface area contributed by atoms with Crippen molar-refractivity contribution in [1.82, 2.24) is 5.32 Å². The molecule has 3 nitrogen and oxygen atoms in total. The Bertz CT molecular complexity index is 358. The van der Waals surface area contributed by atoms with E-state index in [-0.39, 0.29) is 11.5 Å². The molecule has 0 radical (unpaired) electrons. The number of ketones is 1. The fourth-order valence-electron chi connectivity index (χ4n) is 1.50. The highest BCUT2D eigenvalue weighted by Gasteiger charge is 2.20. The smallest absolute Gasteiger partial charge is 0.150 e.